The van der Waals surface area contributed by atoms with Gasteiger partial charge in [-0.15, -0.1) is 0 Å². The van der Waals surface area contributed by atoms with E-state index in [4.69, 9.17) is 5.10 Å². The zero-order valence-electron chi connectivity index (χ0n) is 20.9. The minimum absolute atomic E-state index is 0.0443. The number of nitrogens with one attached hydrogen (secondary N) is 1. The van der Waals surface area contributed by atoms with Gasteiger partial charge in [0, 0.05) is 49.3 Å². The summed E-state index contributed by atoms with van der Waals surface area (Å²) in [6.07, 6.45) is 4.64. The normalized spacial score (nSPS) is 13.9. The molecule has 1 saturated heterocycles. The highest BCUT2D eigenvalue weighted by Gasteiger charge is 2.27. The molecule has 5 rings (SSSR count). The van der Waals surface area contributed by atoms with E-state index in [0.29, 0.717) is 38.9 Å². The van der Waals surface area contributed by atoms with Crippen LogP contribution in [0.3, 0.4) is 0 Å². The molecule has 1 aromatic heterocycles. The van der Waals surface area contributed by atoms with E-state index >= 15 is 0 Å². The predicted octanol–water partition coefficient (Wildman–Crippen LogP) is 5.03. The molecule has 0 aliphatic carbocycles. The first-order valence-electron chi connectivity index (χ1n) is 13.0. The molecule has 0 unspecified atom stereocenters. The van der Waals surface area contributed by atoms with Crippen LogP contribution >= 0.6 is 0 Å². The first-order chi connectivity index (χ1) is 18.2. The highest BCUT2D eigenvalue weighted by atomic mass is 16.2. The number of hydrogen-bond acceptors (Lipinski definition) is 3. The average molecular weight is 493 g/mol. The molecule has 6 nitrogen and oxygen atoms in total. The lowest BCUT2D eigenvalue weighted by Gasteiger charge is -2.31. The molecule has 4 aromatic rings. The first-order valence-corrected chi connectivity index (χ1v) is 13.0. The molecule has 188 valence electrons. The average Bonchev–Trinajstić information content (AvgIpc) is 3.40. The molecular weight excluding hydrogens is 460 g/mol. The number of hydrogen-bond donors (Lipinski definition) is 1. The number of amides is 2. The summed E-state index contributed by atoms with van der Waals surface area (Å²) in [5.74, 6) is 0.133. The van der Waals surface area contributed by atoms with E-state index in [-0.39, 0.29) is 17.7 Å². The van der Waals surface area contributed by atoms with E-state index in [0.717, 1.165) is 28.9 Å². The molecule has 2 heterocycles. The number of aryl methyl sites for hydroxylation is 1. The second kappa shape index (κ2) is 11.7. The van der Waals surface area contributed by atoms with E-state index < -0.39 is 0 Å². The Labute approximate surface area is 217 Å². The summed E-state index contributed by atoms with van der Waals surface area (Å²) < 4.78 is 1.86. The van der Waals surface area contributed by atoms with Crippen LogP contribution in [-0.2, 0) is 22.6 Å². The number of likely N-dealkylation sites (tertiary alicyclic amines) is 1. The smallest absolute Gasteiger partial charge is 0.223 e. The Bertz CT molecular complexity index is 1310. The third-order valence-corrected chi connectivity index (χ3v) is 7.00. The Morgan fingerprint density at radius 2 is 1.46 bits per heavy atom. The number of nitrogens with zero attached hydrogens (tertiary/aromatic N) is 3. The summed E-state index contributed by atoms with van der Waals surface area (Å²) in [7, 11) is 0. The minimum atomic E-state index is -0.0810. The number of benzene rings is 3. The van der Waals surface area contributed by atoms with Crippen molar-refractivity contribution in [2.75, 3.05) is 13.1 Å². The van der Waals surface area contributed by atoms with E-state index in [1.165, 1.54) is 5.56 Å². The van der Waals surface area contributed by atoms with Crippen molar-refractivity contribution in [2.24, 2.45) is 5.92 Å². The van der Waals surface area contributed by atoms with Gasteiger partial charge in [0.2, 0.25) is 11.8 Å². The van der Waals surface area contributed by atoms with E-state index in [2.05, 4.69) is 17.4 Å². The summed E-state index contributed by atoms with van der Waals surface area (Å²) in [5.41, 5.74) is 5.00. The van der Waals surface area contributed by atoms with Crippen LogP contribution in [0.15, 0.2) is 97.2 Å². The molecule has 0 bridgehead atoms. The zero-order chi connectivity index (χ0) is 25.5. The van der Waals surface area contributed by atoms with Crippen molar-refractivity contribution in [3.63, 3.8) is 0 Å². The molecule has 0 saturated carbocycles. The van der Waals surface area contributed by atoms with Crippen molar-refractivity contribution in [1.82, 2.24) is 20.0 Å². The summed E-state index contributed by atoms with van der Waals surface area (Å²) in [6.45, 7) is 1.67. The number of para-hydroxylation sites is 1. The van der Waals surface area contributed by atoms with Gasteiger partial charge in [-0.3, -0.25) is 9.59 Å². The van der Waals surface area contributed by atoms with Gasteiger partial charge in [-0.2, -0.15) is 5.10 Å². The van der Waals surface area contributed by atoms with Crippen molar-refractivity contribution >= 4 is 11.8 Å². The number of carbonyl (C=O) groups is 2. The van der Waals surface area contributed by atoms with Crippen LogP contribution in [0, 0.1) is 5.92 Å². The van der Waals surface area contributed by atoms with Gasteiger partial charge in [0.05, 0.1) is 11.4 Å². The molecule has 37 heavy (non-hydrogen) atoms. The van der Waals surface area contributed by atoms with Crippen LogP contribution in [0.25, 0.3) is 16.9 Å². The van der Waals surface area contributed by atoms with Crippen molar-refractivity contribution in [1.29, 1.82) is 0 Å². The Morgan fingerprint density at radius 3 is 2.14 bits per heavy atom. The molecule has 1 N–H and O–H groups in total. The van der Waals surface area contributed by atoms with Gasteiger partial charge in [0.1, 0.15) is 0 Å². The molecule has 1 aliphatic rings. The van der Waals surface area contributed by atoms with E-state index in [1.54, 1.807) is 0 Å². The molecule has 0 spiro atoms. The van der Waals surface area contributed by atoms with Gasteiger partial charge in [0.15, 0.2) is 0 Å². The second-order valence-corrected chi connectivity index (χ2v) is 9.51. The van der Waals surface area contributed by atoms with Crippen molar-refractivity contribution in [3.8, 4) is 16.9 Å². The van der Waals surface area contributed by atoms with Gasteiger partial charge in [-0.1, -0.05) is 78.9 Å². The van der Waals surface area contributed by atoms with Crippen LogP contribution in [0.2, 0.25) is 0 Å². The third kappa shape index (κ3) is 6.15. The van der Waals surface area contributed by atoms with Crippen LogP contribution in [-0.4, -0.2) is 39.6 Å². The highest BCUT2D eigenvalue weighted by Crippen LogP contribution is 2.24. The highest BCUT2D eigenvalue weighted by molar-refractivity contribution is 5.80. The lowest BCUT2D eigenvalue weighted by Crippen LogP contribution is -2.43. The van der Waals surface area contributed by atoms with Gasteiger partial charge in [-0.05, 0) is 37.0 Å². The van der Waals surface area contributed by atoms with Crippen molar-refractivity contribution in [2.45, 2.75) is 32.2 Å². The van der Waals surface area contributed by atoms with Crippen LogP contribution in [0.4, 0.5) is 0 Å². The van der Waals surface area contributed by atoms with Crippen LogP contribution < -0.4 is 5.32 Å². The maximum atomic E-state index is 13.0. The van der Waals surface area contributed by atoms with Crippen molar-refractivity contribution < 1.29 is 9.59 Å². The number of piperidine rings is 1. The minimum Gasteiger partial charge on any atom is -0.352 e. The Kier molecular flexibility index (Phi) is 7.75. The molecule has 0 radical (unpaired) electrons. The second-order valence-electron chi connectivity index (χ2n) is 9.51. The Morgan fingerprint density at radius 1 is 0.838 bits per heavy atom. The molecule has 3 aromatic carbocycles. The first kappa shape index (κ1) is 24.5. The maximum Gasteiger partial charge on any atom is 0.223 e. The largest absolute Gasteiger partial charge is 0.352 e. The van der Waals surface area contributed by atoms with E-state index in [9.17, 15) is 9.59 Å². The van der Waals surface area contributed by atoms with Crippen LogP contribution in [0.1, 0.15) is 30.4 Å². The van der Waals surface area contributed by atoms with Gasteiger partial charge < -0.3 is 10.2 Å². The Hall–Kier alpha value is -4.19. The Balaban J connectivity index is 1.17. The molecule has 1 aliphatic heterocycles. The summed E-state index contributed by atoms with van der Waals surface area (Å²) >= 11 is 0. The van der Waals surface area contributed by atoms with Gasteiger partial charge in [0.25, 0.3) is 0 Å². The molecular formula is C31H32N4O2. The quantitative estimate of drug-likeness (QED) is 0.375. The molecule has 6 heteroatoms. The molecule has 1 fully saturated rings. The summed E-state index contributed by atoms with van der Waals surface area (Å²) in [5, 5.41) is 7.97. The fraction of sp³-hybridized carbons (Fsp3) is 0.258. The number of aromatic nitrogens is 2. The summed E-state index contributed by atoms with van der Waals surface area (Å²) in [4.78, 5) is 27.6. The monoisotopic (exact) mass is 492 g/mol. The third-order valence-electron chi connectivity index (χ3n) is 7.00. The van der Waals surface area contributed by atoms with Crippen molar-refractivity contribution in [3.05, 3.63) is 108 Å². The predicted molar refractivity (Wildman–Crippen MR) is 145 cm³/mol. The standard InChI is InChI=1S/C31H32N4O2/c36-29(17-16-24-10-4-1-5-11-24)34-20-18-26(19-21-34)31(37)32-22-27-23-35(28-14-8-3-9-15-28)33-30(27)25-12-6-2-7-13-25/h1-15,23,26H,16-22H2,(H,32,37). The molecule has 2 amide bonds. The lowest BCUT2D eigenvalue weighted by molar-refractivity contribution is -0.135. The molecule has 0 atom stereocenters. The van der Waals surface area contributed by atoms with Gasteiger partial charge >= 0.3 is 0 Å². The summed E-state index contributed by atoms with van der Waals surface area (Å²) in [6, 6.07) is 30.1. The number of carbonyl (C=O) groups excluding carboxylic acids is 2. The fourth-order valence-corrected chi connectivity index (χ4v) is 4.86. The number of rotatable bonds is 8. The SMILES string of the molecule is O=C(NCc1cn(-c2ccccc2)nc1-c1ccccc1)C1CCN(C(=O)CCc2ccccc2)CC1. The lowest BCUT2D eigenvalue weighted by atomic mass is 9.95. The zero-order valence-corrected chi connectivity index (χ0v) is 20.9. The van der Waals surface area contributed by atoms with Crippen LogP contribution in [0.5, 0.6) is 0 Å². The topological polar surface area (TPSA) is 67.2 Å². The maximum absolute atomic E-state index is 13.0. The van der Waals surface area contributed by atoms with Gasteiger partial charge in [-0.25, -0.2) is 4.68 Å². The fourth-order valence-electron chi connectivity index (χ4n) is 4.86. The van der Waals surface area contributed by atoms with E-state index in [1.807, 2.05) is 94.6 Å².